The van der Waals surface area contributed by atoms with Crippen LogP contribution in [0.3, 0.4) is 0 Å². The molecule has 1 amide bonds. The van der Waals surface area contributed by atoms with E-state index in [1.54, 1.807) is 14.0 Å². The number of carbonyl (C=O) groups is 2. The normalized spacial score (nSPS) is 12.3. The quantitative estimate of drug-likeness (QED) is 0.565. The van der Waals surface area contributed by atoms with Gasteiger partial charge in [-0.25, -0.2) is 4.79 Å². The average molecular weight is 415 g/mol. The van der Waals surface area contributed by atoms with Gasteiger partial charge in [-0.15, -0.1) is 0 Å². The summed E-state index contributed by atoms with van der Waals surface area (Å²) in [7, 11) is 1.59. The highest BCUT2D eigenvalue weighted by Gasteiger charge is 2.29. The van der Waals surface area contributed by atoms with Crippen LogP contribution >= 0.6 is 0 Å². The zero-order valence-corrected chi connectivity index (χ0v) is 17.8. The number of nitrogens with zero attached hydrogens (tertiary/aromatic N) is 3. The molecule has 0 radical (unpaired) electrons. The molecular weight excluding hydrogens is 386 g/mol. The van der Waals surface area contributed by atoms with Crippen molar-refractivity contribution in [3.05, 3.63) is 62.3 Å². The number of benzene rings is 1. The van der Waals surface area contributed by atoms with Crippen LogP contribution < -0.4 is 22.7 Å². The maximum absolute atomic E-state index is 13.0. The molecule has 2 rings (SSSR count). The lowest BCUT2D eigenvalue weighted by Crippen LogP contribution is -2.49. The zero-order valence-electron chi connectivity index (χ0n) is 17.8. The number of nitrogen functional groups attached to an aromatic ring is 1. The van der Waals surface area contributed by atoms with E-state index in [0.29, 0.717) is 0 Å². The van der Waals surface area contributed by atoms with Crippen molar-refractivity contribution in [2.75, 3.05) is 19.3 Å². The van der Waals surface area contributed by atoms with E-state index in [0.717, 1.165) is 10.1 Å². The van der Waals surface area contributed by atoms with Crippen molar-refractivity contribution >= 4 is 17.5 Å². The fraction of sp³-hybridized carbons (Fsp3) is 0.429. The van der Waals surface area contributed by atoms with E-state index >= 15 is 0 Å². The number of primary amides is 1. The van der Waals surface area contributed by atoms with Gasteiger partial charge in [0.1, 0.15) is 11.4 Å². The van der Waals surface area contributed by atoms with Crippen LogP contribution in [-0.2, 0) is 17.9 Å². The molecule has 1 aromatic heterocycles. The third-order valence-corrected chi connectivity index (χ3v) is 5.04. The Kier molecular flexibility index (Phi) is 7.33. The van der Waals surface area contributed by atoms with Gasteiger partial charge in [0, 0.05) is 6.54 Å². The Hall–Kier alpha value is -3.20. The Morgan fingerprint density at radius 1 is 1.10 bits per heavy atom. The van der Waals surface area contributed by atoms with E-state index in [9.17, 15) is 19.2 Å². The number of hydrogen-bond donors (Lipinski definition) is 2. The smallest absolute Gasteiger partial charge is 0.332 e. The van der Waals surface area contributed by atoms with Gasteiger partial charge in [-0.3, -0.25) is 28.4 Å². The van der Waals surface area contributed by atoms with Crippen LogP contribution in [0.1, 0.15) is 36.7 Å². The number of anilines is 1. The van der Waals surface area contributed by atoms with Crippen molar-refractivity contribution in [1.82, 2.24) is 14.0 Å². The molecule has 9 nitrogen and oxygen atoms in total. The molecule has 1 atom stereocenters. The van der Waals surface area contributed by atoms with Crippen LogP contribution in [0.2, 0.25) is 0 Å². The number of aromatic nitrogens is 2. The number of amides is 1. The lowest BCUT2D eigenvalue weighted by atomic mass is 10.0. The molecule has 0 aliphatic rings. The van der Waals surface area contributed by atoms with Crippen LogP contribution in [0.25, 0.3) is 0 Å². The first kappa shape index (κ1) is 23.1. The van der Waals surface area contributed by atoms with E-state index < -0.39 is 29.0 Å². The molecule has 30 heavy (non-hydrogen) atoms. The summed E-state index contributed by atoms with van der Waals surface area (Å²) >= 11 is 0. The Labute approximate surface area is 174 Å². The molecule has 0 fully saturated rings. The molecule has 0 spiro atoms. The molecular formula is C21H29N5O4. The Balaban J connectivity index is 2.52. The second-order valence-corrected chi connectivity index (χ2v) is 7.59. The van der Waals surface area contributed by atoms with Gasteiger partial charge in [-0.2, -0.15) is 0 Å². The Morgan fingerprint density at radius 3 is 2.20 bits per heavy atom. The van der Waals surface area contributed by atoms with Gasteiger partial charge in [0.2, 0.25) is 5.91 Å². The molecule has 1 unspecified atom stereocenters. The van der Waals surface area contributed by atoms with Crippen LogP contribution in [0.4, 0.5) is 5.82 Å². The summed E-state index contributed by atoms with van der Waals surface area (Å²) in [6.07, 6.45) is 0. The summed E-state index contributed by atoms with van der Waals surface area (Å²) in [6, 6.07) is 8.45. The highest BCUT2D eigenvalue weighted by Crippen LogP contribution is 2.13. The molecule has 0 aliphatic carbocycles. The van der Waals surface area contributed by atoms with E-state index in [1.165, 1.54) is 9.47 Å². The maximum atomic E-state index is 13.0. The van der Waals surface area contributed by atoms with Crippen molar-refractivity contribution in [3.8, 4) is 0 Å². The third kappa shape index (κ3) is 4.68. The minimum Gasteiger partial charge on any atom is -0.384 e. The first-order chi connectivity index (χ1) is 14.1. The minimum absolute atomic E-state index is 0.0960. The maximum Gasteiger partial charge on any atom is 0.332 e. The summed E-state index contributed by atoms with van der Waals surface area (Å²) in [5.41, 5.74) is 10.8. The number of Topliss-reactive ketones (excluding diaryl/α,β-unsaturated/α-hetero) is 1. The molecule has 0 saturated carbocycles. The highest BCUT2D eigenvalue weighted by atomic mass is 16.2. The molecule has 1 aromatic carbocycles. The van der Waals surface area contributed by atoms with Crippen LogP contribution in [0.15, 0.2) is 39.9 Å². The SMILES string of the molecule is CCn1c(=O)c(C(=O)CN(C)C(C(N)=O)C(C)C)c(N)n(Cc2ccccc2)c1=O. The second kappa shape index (κ2) is 9.53. The Morgan fingerprint density at radius 2 is 1.70 bits per heavy atom. The largest absolute Gasteiger partial charge is 0.384 e. The minimum atomic E-state index is -0.733. The first-order valence-corrected chi connectivity index (χ1v) is 9.79. The van der Waals surface area contributed by atoms with Crippen LogP contribution in [0, 0.1) is 5.92 Å². The van der Waals surface area contributed by atoms with Gasteiger partial charge in [0.15, 0.2) is 5.78 Å². The molecule has 0 aliphatic heterocycles. The summed E-state index contributed by atoms with van der Waals surface area (Å²) in [5, 5.41) is 0. The summed E-state index contributed by atoms with van der Waals surface area (Å²) in [4.78, 5) is 51.9. The van der Waals surface area contributed by atoms with E-state index in [-0.39, 0.29) is 36.9 Å². The lowest BCUT2D eigenvalue weighted by Gasteiger charge is -2.28. The van der Waals surface area contributed by atoms with Crippen LogP contribution in [0.5, 0.6) is 0 Å². The number of nitrogens with two attached hydrogens (primary N) is 2. The summed E-state index contributed by atoms with van der Waals surface area (Å²) < 4.78 is 2.21. The lowest BCUT2D eigenvalue weighted by molar-refractivity contribution is -0.123. The van der Waals surface area contributed by atoms with Crippen molar-refractivity contribution in [3.63, 3.8) is 0 Å². The predicted octanol–water partition coefficient (Wildman–Crippen LogP) is 0.285. The van der Waals surface area contributed by atoms with Crippen molar-refractivity contribution in [1.29, 1.82) is 0 Å². The molecule has 2 aromatic rings. The number of ketones is 1. The van der Waals surface area contributed by atoms with Gasteiger partial charge in [0.05, 0.1) is 19.1 Å². The van der Waals surface area contributed by atoms with E-state index in [4.69, 9.17) is 11.5 Å². The monoisotopic (exact) mass is 415 g/mol. The van der Waals surface area contributed by atoms with Crippen molar-refractivity contribution in [2.24, 2.45) is 11.7 Å². The summed E-state index contributed by atoms with van der Waals surface area (Å²) in [5.74, 6) is -1.45. The first-order valence-electron chi connectivity index (χ1n) is 9.79. The molecule has 4 N–H and O–H groups in total. The molecule has 9 heteroatoms. The third-order valence-electron chi connectivity index (χ3n) is 5.04. The van der Waals surface area contributed by atoms with Crippen molar-refractivity contribution < 1.29 is 9.59 Å². The fourth-order valence-electron chi connectivity index (χ4n) is 3.63. The number of carbonyl (C=O) groups excluding carboxylic acids is 2. The second-order valence-electron chi connectivity index (χ2n) is 7.59. The number of likely N-dealkylation sites (N-methyl/N-ethyl adjacent to an activating group) is 1. The van der Waals surface area contributed by atoms with E-state index in [2.05, 4.69) is 0 Å². The molecule has 0 bridgehead atoms. The zero-order chi connectivity index (χ0) is 22.6. The van der Waals surface area contributed by atoms with Gasteiger partial charge < -0.3 is 11.5 Å². The Bertz CT molecular complexity index is 1040. The molecule has 162 valence electrons. The van der Waals surface area contributed by atoms with Crippen molar-refractivity contribution in [2.45, 2.75) is 39.9 Å². The van der Waals surface area contributed by atoms with Crippen LogP contribution in [-0.4, -0.2) is 45.4 Å². The van der Waals surface area contributed by atoms with Gasteiger partial charge >= 0.3 is 5.69 Å². The fourth-order valence-corrected chi connectivity index (χ4v) is 3.63. The van der Waals surface area contributed by atoms with Gasteiger partial charge in [0.25, 0.3) is 5.56 Å². The molecule has 0 saturated heterocycles. The predicted molar refractivity (Wildman–Crippen MR) is 115 cm³/mol. The van der Waals surface area contributed by atoms with E-state index in [1.807, 2.05) is 44.2 Å². The average Bonchev–Trinajstić information content (AvgIpc) is 2.65. The van der Waals surface area contributed by atoms with Gasteiger partial charge in [-0.1, -0.05) is 44.2 Å². The topological polar surface area (TPSA) is 133 Å². The number of hydrogen-bond acceptors (Lipinski definition) is 6. The molecule has 1 heterocycles. The van der Waals surface area contributed by atoms with Gasteiger partial charge in [-0.05, 0) is 25.5 Å². The number of rotatable bonds is 9. The standard InChI is InChI=1S/C21H29N5O4/c1-5-25-20(29)16(15(27)12-24(4)17(13(2)3)19(23)28)18(22)26(21(25)30)11-14-9-7-6-8-10-14/h6-10,13,17H,5,11-12,22H2,1-4H3,(H2,23,28). The highest BCUT2D eigenvalue weighted by molar-refractivity contribution is 6.01. The summed E-state index contributed by atoms with van der Waals surface area (Å²) in [6.45, 7) is 5.26.